The Bertz CT molecular complexity index is 235. The molecule has 0 aliphatic carbocycles. The zero-order valence-electron chi connectivity index (χ0n) is 5.76. The number of nitrogens with two attached hydrogens (primary N) is 1. The van der Waals surface area contributed by atoms with Gasteiger partial charge in [0.05, 0.1) is 4.47 Å². The summed E-state index contributed by atoms with van der Waals surface area (Å²) in [6, 6.07) is 1.88. The summed E-state index contributed by atoms with van der Waals surface area (Å²) in [6.07, 6.45) is 2.66. The summed E-state index contributed by atoms with van der Waals surface area (Å²) in [5.74, 6) is 0. The molecule has 0 bridgehead atoms. The lowest BCUT2D eigenvalue weighted by atomic mass is 10.3. The van der Waals surface area contributed by atoms with Gasteiger partial charge in [0.25, 0.3) is 0 Å². The third-order valence-electron chi connectivity index (χ3n) is 1.30. The molecule has 1 aromatic rings. The van der Waals surface area contributed by atoms with Crippen molar-refractivity contribution in [2.24, 2.45) is 0 Å². The van der Waals surface area contributed by atoms with Crippen LogP contribution >= 0.6 is 15.9 Å². The van der Waals surface area contributed by atoms with E-state index in [0.29, 0.717) is 0 Å². The molecule has 0 aliphatic heterocycles. The summed E-state index contributed by atoms with van der Waals surface area (Å²) in [6.45, 7) is 2.05. The fourth-order valence-electron chi connectivity index (χ4n) is 0.693. The molecule has 1 rings (SSSR count). The van der Waals surface area contributed by atoms with Gasteiger partial charge in [-0.05, 0) is 28.4 Å². The van der Waals surface area contributed by atoms with Crippen molar-refractivity contribution >= 4 is 21.6 Å². The Morgan fingerprint density at radius 2 is 2.40 bits per heavy atom. The van der Waals surface area contributed by atoms with Gasteiger partial charge in [0, 0.05) is 17.6 Å². The van der Waals surface area contributed by atoms with Crippen LogP contribution in [0.25, 0.3) is 0 Å². The van der Waals surface area contributed by atoms with Crippen molar-refractivity contribution in [1.29, 1.82) is 0 Å². The monoisotopic (exact) mass is 200 g/mol. The van der Waals surface area contributed by atoms with Crippen LogP contribution in [0, 0.1) is 0 Å². The molecule has 0 fully saturated rings. The lowest BCUT2D eigenvalue weighted by Crippen LogP contribution is -1.92. The van der Waals surface area contributed by atoms with Gasteiger partial charge < -0.3 is 5.73 Å². The van der Waals surface area contributed by atoms with Crippen LogP contribution in [0.4, 0.5) is 5.69 Å². The standard InChI is InChI=1S/C7H9BrN2/c1-2-5-3-7(9)6(8)4-10-5/h3-4H,2H2,1H3,(H2,9,10). The van der Waals surface area contributed by atoms with Crippen molar-refractivity contribution in [3.8, 4) is 0 Å². The van der Waals surface area contributed by atoms with Gasteiger partial charge in [0.15, 0.2) is 0 Å². The number of halogens is 1. The largest absolute Gasteiger partial charge is 0.398 e. The number of anilines is 1. The lowest BCUT2D eigenvalue weighted by Gasteiger charge is -1.98. The van der Waals surface area contributed by atoms with Crippen LogP contribution in [-0.4, -0.2) is 4.98 Å². The molecule has 10 heavy (non-hydrogen) atoms. The second-order valence-electron chi connectivity index (χ2n) is 2.05. The molecule has 3 heteroatoms. The number of pyridine rings is 1. The summed E-state index contributed by atoms with van der Waals surface area (Å²) in [5, 5.41) is 0. The van der Waals surface area contributed by atoms with E-state index in [2.05, 4.69) is 27.8 Å². The molecule has 1 aromatic heterocycles. The Morgan fingerprint density at radius 3 is 2.90 bits per heavy atom. The first kappa shape index (κ1) is 7.54. The second kappa shape index (κ2) is 3.01. The van der Waals surface area contributed by atoms with Gasteiger partial charge in [-0.3, -0.25) is 4.98 Å². The van der Waals surface area contributed by atoms with Gasteiger partial charge in [0.1, 0.15) is 0 Å². The quantitative estimate of drug-likeness (QED) is 0.754. The van der Waals surface area contributed by atoms with E-state index < -0.39 is 0 Å². The first-order chi connectivity index (χ1) is 4.74. The molecule has 0 amide bonds. The summed E-state index contributed by atoms with van der Waals surface area (Å²) < 4.78 is 0.865. The Morgan fingerprint density at radius 1 is 1.70 bits per heavy atom. The second-order valence-corrected chi connectivity index (χ2v) is 2.91. The van der Waals surface area contributed by atoms with E-state index >= 15 is 0 Å². The predicted molar refractivity (Wildman–Crippen MR) is 45.7 cm³/mol. The van der Waals surface area contributed by atoms with Crippen LogP contribution < -0.4 is 5.73 Å². The first-order valence-corrected chi connectivity index (χ1v) is 3.93. The van der Waals surface area contributed by atoms with Gasteiger partial charge in [-0.1, -0.05) is 6.92 Å². The number of hydrogen-bond donors (Lipinski definition) is 1. The number of aromatic nitrogens is 1. The van der Waals surface area contributed by atoms with Gasteiger partial charge in [-0.2, -0.15) is 0 Å². The van der Waals surface area contributed by atoms with Crippen molar-refractivity contribution in [2.75, 3.05) is 5.73 Å². The Labute approximate surface area is 68.6 Å². The third kappa shape index (κ3) is 1.48. The molecule has 0 radical (unpaired) electrons. The third-order valence-corrected chi connectivity index (χ3v) is 1.97. The zero-order valence-corrected chi connectivity index (χ0v) is 7.35. The van der Waals surface area contributed by atoms with E-state index in [-0.39, 0.29) is 0 Å². The molecule has 0 aromatic carbocycles. The molecule has 2 nitrogen and oxygen atoms in total. The number of nitrogen functional groups attached to an aromatic ring is 1. The van der Waals surface area contributed by atoms with Crippen LogP contribution in [0.15, 0.2) is 16.7 Å². The predicted octanol–water partition coefficient (Wildman–Crippen LogP) is 1.99. The normalized spacial score (nSPS) is 9.80. The first-order valence-electron chi connectivity index (χ1n) is 3.14. The molecule has 0 aliphatic rings. The van der Waals surface area contributed by atoms with Crippen molar-refractivity contribution in [3.63, 3.8) is 0 Å². The van der Waals surface area contributed by atoms with Gasteiger partial charge in [0.2, 0.25) is 0 Å². The van der Waals surface area contributed by atoms with Crippen LogP contribution in [0.3, 0.4) is 0 Å². The Kier molecular flexibility index (Phi) is 2.27. The molecule has 0 saturated carbocycles. The summed E-state index contributed by atoms with van der Waals surface area (Å²) in [7, 11) is 0. The van der Waals surface area contributed by atoms with Crippen molar-refractivity contribution in [3.05, 3.63) is 22.4 Å². The fourth-order valence-corrected chi connectivity index (χ4v) is 0.910. The van der Waals surface area contributed by atoms with E-state index in [4.69, 9.17) is 5.73 Å². The molecule has 0 saturated heterocycles. The van der Waals surface area contributed by atoms with E-state index in [9.17, 15) is 0 Å². The SMILES string of the molecule is CCc1cc(N)c(Br)cn1. The maximum absolute atomic E-state index is 5.61. The van der Waals surface area contributed by atoms with Crippen LogP contribution in [0.1, 0.15) is 12.6 Å². The van der Waals surface area contributed by atoms with Crippen LogP contribution in [-0.2, 0) is 6.42 Å². The highest BCUT2D eigenvalue weighted by Gasteiger charge is 1.95. The van der Waals surface area contributed by atoms with Crippen LogP contribution in [0.2, 0.25) is 0 Å². The highest BCUT2D eigenvalue weighted by molar-refractivity contribution is 9.10. The average molecular weight is 201 g/mol. The van der Waals surface area contributed by atoms with E-state index in [1.807, 2.05) is 6.07 Å². The van der Waals surface area contributed by atoms with Crippen molar-refractivity contribution < 1.29 is 0 Å². The molecular weight excluding hydrogens is 192 g/mol. The molecule has 54 valence electrons. The molecular formula is C7H9BrN2. The minimum Gasteiger partial charge on any atom is -0.398 e. The summed E-state index contributed by atoms with van der Waals surface area (Å²) >= 11 is 3.27. The summed E-state index contributed by atoms with van der Waals surface area (Å²) in [5.41, 5.74) is 7.39. The number of nitrogens with zero attached hydrogens (tertiary/aromatic N) is 1. The molecule has 0 unspecified atom stereocenters. The summed E-state index contributed by atoms with van der Waals surface area (Å²) in [4.78, 5) is 4.13. The highest BCUT2D eigenvalue weighted by Crippen LogP contribution is 2.17. The maximum Gasteiger partial charge on any atom is 0.0588 e. The van der Waals surface area contributed by atoms with Crippen LogP contribution in [0.5, 0.6) is 0 Å². The van der Waals surface area contributed by atoms with E-state index in [1.165, 1.54) is 0 Å². The minimum absolute atomic E-state index is 0.756. The Balaban J connectivity index is 3.04. The Hall–Kier alpha value is -0.570. The average Bonchev–Trinajstić information content (AvgIpc) is 1.95. The van der Waals surface area contributed by atoms with Gasteiger partial charge >= 0.3 is 0 Å². The van der Waals surface area contributed by atoms with E-state index in [1.54, 1.807) is 6.20 Å². The van der Waals surface area contributed by atoms with Gasteiger partial charge in [-0.25, -0.2) is 0 Å². The fraction of sp³-hybridized carbons (Fsp3) is 0.286. The molecule has 0 spiro atoms. The molecule has 0 atom stereocenters. The smallest absolute Gasteiger partial charge is 0.0588 e. The lowest BCUT2D eigenvalue weighted by molar-refractivity contribution is 1.03. The van der Waals surface area contributed by atoms with Crippen molar-refractivity contribution in [1.82, 2.24) is 4.98 Å². The number of aryl methyl sites for hydroxylation is 1. The highest BCUT2D eigenvalue weighted by atomic mass is 79.9. The van der Waals surface area contributed by atoms with E-state index in [0.717, 1.165) is 22.3 Å². The zero-order chi connectivity index (χ0) is 7.56. The number of rotatable bonds is 1. The van der Waals surface area contributed by atoms with Gasteiger partial charge in [-0.15, -0.1) is 0 Å². The van der Waals surface area contributed by atoms with Crippen molar-refractivity contribution in [2.45, 2.75) is 13.3 Å². The molecule has 1 heterocycles. The maximum atomic E-state index is 5.61. The topological polar surface area (TPSA) is 38.9 Å². The minimum atomic E-state index is 0.756. The number of hydrogen-bond acceptors (Lipinski definition) is 2. The molecule has 2 N–H and O–H groups in total.